The predicted molar refractivity (Wildman–Crippen MR) is 104 cm³/mol. The van der Waals surface area contributed by atoms with E-state index >= 15 is 0 Å². The molecule has 26 heavy (non-hydrogen) atoms. The van der Waals surface area contributed by atoms with Gasteiger partial charge in [-0.1, -0.05) is 24.3 Å². The highest BCUT2D eigenvalue weighted by molar-refractivity contribution is 7.90. The molecule has 10 heteroatoms. The molecule has 0 unspecified atom stereocenters. The summed E-state index contributed by atoms with van der Waals surface area (Å²) in [7, 11) is -3.26. The molecule has 0 atom stereocenters. The Balaban J connectivity index is 2.07. The molecular weight excluding hydrogens is 376 g/mol. The minimum absolute atomic E-state index is 0.0893. The van der Waals surface area contributed by atoms with Crippen molar-refractivity contribution in [1.29, 1.82) is 0 Å². The maximum atomic E-state index is 11.5. The third-order valence-electron chi connectivity index (χ3n) is 3.37. The summed E-state index contributed by atoms with van der Waals surface area (Å²) >= 11 is 5.09. The Labute approximate surface area is 156 Å². The summed E-state index contributed by atoms with van der Waals surface area (Å²) in [4.78, 5) is 10.7. The fourth-order valence-corrected chi connectivity index (χ4v) is 2.82. The molecule has 0 fully saturated rings. The summed E-state index contributed by atoms with van der Waals surface area (Å²) in [5, 5.41) is 17.9. The van der Waals surface area contributed by atoms with Crippen molar-refractivity contribution in [2.45, 2.75) is 11.8 Å². The topological polar surface area (TPSA) is 114 Å². The normalized spacial score (nSPS) is 11.7. The van der Waals surface area contributed by atoms with Gasteiger partial charge in [-0.2, -0.15) is 5.10 Å². The maximum Gasteiger partial charge on any atom is 0.292 e. The van der Waals surface area contributed by atoms with E-state index in [0.717, 1.165) is 6.26 Å². The lowest BCUT2D eigenvalue weighted by Crippen LogP contribution is -2.25. The van der Waals surface area contributed by atoms with Crippen LogP contribution in [-0.2, 0) is 9.84 Å². The van der Waals surface area contributed by atoms with E-state index in [1.54, 1.807) is 31.2 Å². The highest BCUT2D eigenvalue weighted by atomic mass is 32.2. The molecule has 0 radical (unpaired) electrons. The van der Waals surface area contributed by atoms with E-state index in [0.29, 0.717) is 11.3 Å². The number of nitrogens with one attached hydrogen (secondary N) is 2. The number of nitro benzene ring substituents is 1. The Hall–Kier alpha value is -2.85. The number of para-hydroxylation sites is 2. The minimum Gasteiger partial charge on any atom is -0.326 e. The number of nitrogens with zero attached hydrogens (tertiary/aromatic N) is 2. The number of nitro groups is 1. The monoisotopic (exact) mass is 392 g/mol. The van der Waals surface area contributed by atoms with Crippen LogP contribution in [0.5, 0.6) is 0 Å². The highest BCUT2D eigenvalue weighted by Gasteiger charge is 2.13. The van der Waals surface area contributed by atoms with E-state index in [9.17, 15) is 18.5 Å². The van der Waals surface area contributed by atoms with Gasteiger partial charge in [0.05, 0.1) is 15.5 Å². The first-order valence-corrected chi connectivity index (χ1v) is 9.63. The summed E-state index contributed by atoms with van der Waals surface area (Å²) in [5.74, 6) is 0. The van der Waals surface area contributed by atoms with E-state index < -0.39 is 14.8 Å². The quantitative estimate of drug-likeness (QED) is 0.348. The van der Waals surface area contributed by atoms with Gasteiger partial charge in [0.2, 0.25) is 0 Å². The second kappa shape index (κ2) is 8.02. The molecule has 0 heterocycles. The Morgan fingerprint density at radius 2 is 1.77 bits per heavy atom. The number of hydrogen-bond acceptors (Lipinski definition) is 6. The van der Waals surface area contributed by atoms with Crippen LogP contribution in [0.3, 0.4) is 0 Å². The zero-order valence-corrected chi connectivity index (χ0v) is 15.6. The summed E-state index contributed by atoms with van der Waals surface area (Å²) in [6, 6.07) is 12.4. The average molecular weight is 392 g/mol. The van der Waals surface area contributed by atoms with Crippen LogP contribution in [0.25, 0.3) is 0 Å². The zero-order chi connectivity index (χ0) is 19.3. The van der Waals surface area contributed by atoms with Gasteiger partial charge < -0.3 is 5.32 Å². The number of sulfone groups is 1. The van der Waals surface area contributed by atoms with Crippen molar-refractivity contribution < 1.29 is 13.3 Å². The van der Waals surface area contributed by atoms with E-state index in [4.69, 9.17) is 12.2 Å². The molecular formula is C16H16N4O4S2. The van der Waals surface area contributed by atoms with Crippen molar-refractivity contribution in [1.82, 2.24) is 5.43 Å². The minimum atomic E-state index is -3.26. The Kier molecular flexibility index (Phi) is 6.01. The number of thiocarbonyl (C=S) groups is 1. The number of rotatable bonds is 5. The molecule has 2 rings (SSSR count). The molecule has 0 aliphatic heterocycles. The standard InChI is InChI=1S/C16H16N4O4S2/c1-11(12-7-9-13(10-8-12)26(2,23)24)18-19-16(25)17-14-5-3-4-6-15(14)20(21)22/h3-10H,1-2H3,(H2,17,19,25)/b18-11-. The first-order chi connectivity index (χ1) is 12.2. The van der Waals surface area contributed by atoms with Gasteiger partial charge in [-0.3, -0.25) is 15.5 Å². The van der Waals surface area contributed by atoms with Crippen molar-refractivity contribution in [2.24, 2.45) is 5.10 Å². The Morgan fingerprint density at radius 1 is 1.15 bits per heavy atom. The third-order valence-corrected chi connectivity index (χ3v) is 4.70. The average Bonchev–Trinajstić information content (AvgIpc) is 2.59. The van der Waals surface area contributed by atoms with Gasteiger partial charge in [-0.25, -0.2) is 8.42 Å². The lowest BCUT2D eigenvalue weighted by atomic mass is 10.1. The second-order valence-corrected chi connectivity index (χ2v) is 7.76. The third kappa shape index (κ3) is 5.07. The van der Waals surface area contributed by atoms with Crippen molar-refractivity contribution in [3.63, 3.8) is 0 Å². The van der Waals surface area contributed by atoms with E-state index in [-0.39, 0.29) is 21.4 Å². The van der Waals surface area contributed by atoms with Gasteiger partial charge in [0.25, 0.3) is 5.69 Å². The predicted octanol–water partition coefficient (Wildman–Crippen LogP) is 2.71. The highest BCUT2D eigenvalue weighted by Crippen LogP contribution is 2.22. The van der Waals surface area contributed by atoms with Crippen LogP contribution in [0, 0.1) is 10.1 Å². The van der Waals surface area contributed by atoms with Crippen LogP contribution < -0.4 is 10.7 Å². The first-order valence-electron chi connectivity index (χ1n) is 7.33. The maximum absolute atomic E-state index is 11.5. The van der Waals surface area contributed by atoms with Crippen molar-refractivity contribution in [3.05, 3.63) is 64.2 Å². The fourth-order valence-electron chi connectivity index (χ4n) is 2.03. The molecule has 0 saturated carbocycles. The summed E-state index contributed by atoms with van der Waals surface area (Å²) in [6.07, 6.45) is 1.14. The second-order valence-electron chi connectivity index (χ2n) is 5.33. The molecule has 0 aromatic heterocycles. The first kappa shape index (κ1) is 19.5. The van der Waals surface area contributed by atoms with E-state index in [1.165, 1.54) is 24.3 Å². The number of anilines is 1. The van der Waals surface area contributed by atoms with Crippen LogP contribution in [0.2, 0.25) is 0 Å². The van der Waals surface area contributed by atoms with Crippen LogP contribution in [0.15, 0.2) is 58.5 Å². The molecule has 0 aliphatic rings. The van der Waals surface area contributed by atoms with Gasteiger partial charge in [0, 0.05) is 12.3 Å². The molecule has 0 amide bonds. The summed E-state index contributed by atoms with van der Waals surface area (Å²) in [6.45, 7) is 1.72. The van der Waals surface area contributed by atoms with Crippen LogP contribution >= 0.6 is 12.2 Å². The molecule has 8 nitrogen and oxygen atoms in total. The summed E-state index contributed by atoms with van der Waals surface area (Å²) < 4.78 is 22.9. The number of hydrazone groups is 1. The Bertz CT molecular complexity index is 970. The molecule has 2 N–H and O–H groups in total. The molecule has 2 aromatic carbocycles. The van der Waals surface area contributed by atoms with Crippen LogP contribution in [0.1, 0.15) is 12.5 Å². The van der Waals surface area contributed by atoms with Gasteiger partial charge in [-0.05, 0) is 42.9 Å². The summed E-state index contributed by atoms with van der Waals surface area (Å²) in [5.41, 5.74) is 4.03. The van der Waals surface area contributed by atoms with Crippen molar-refractivity contribution in [3.8, 4) is 0 Å². The number of hydrogen-bond donors (Lipinski definition) is 2. The smallest absolute Gasteiger partial charge is 0.292 e. The molecule has 0 spiro atoms. The number of benzene rings is 2. The van der Waals surface area contributed by atoms with Gasteiger partial charge in [-0.15, -0.1) is 0 Å². The largest absolute Gasteiger partial charge is 0.326 e. The van der Waals surface area contributed by atoms with Gasteiger partial charge in [0.1, 0.15) is 5.69 Å². The fraction of sp³-hybridized carbons (Fsp3) is 0.125. The van der Waals surface area contributed by atoms with Gasteiger partial charge >= 0.3 is 0 Å². The van der Waals surface area contributed by atoms with E-state index in [2.05, 4.69) is 15.8 Å². The SMILES string of the molecule is C/C(=N/NC(=S)Nc1ccccc1[N+](=O)[O-])c1ccc(S(C)(=O)=O)cc1. The van der Waals surface area contributed by atoms with Crippen molar-refractivity contribution >= 4 is 44.3 Å². The molecule has 0 saturated heterocycles. The van der Waals surface area contributed by atoms with Crippen LogP contribution in [-0.4, -0.2) is 30.4 Å². The Morgan fingerprint density at radius 3 is 2.35 bits per heavy atom. The molecule has 136 valence electrons. The van der Waals surface area contributed by atoms with Crippen LogP contribution in [0.4, 0.5) is 11.4 Å². The molecule has 0 bridgehead atoms. The molecule has 2 aromatic rings. The molecule has 0 aliphatic carbocycles. The lowest BCUT2D eigenvalue weighted by molar-refractivity contribution is -0.383. The van der Waals surface area contributed by atoms with Gasteiger partial charge in [0.15, 0.2) is 14.9 Å². The van der Waals surface area contributed by atoms with E-state index in [1.807, 2.05) is 0 Å². The zero-order valence-electron chi connectivity index (χ0n) is 14.0. The lowest BCUT2D eigenvalue weighted by Gasteiger charge is -2.08. The van der Waals surface area contributed by atoms with Crippen molar-refractivity contribution in [2.75, 3.05) is 11.6 Å².